The van der Waals surface area contributed by atoms with E-state index in [0.29, 0.717) is 27.9 Å². The Bertz CT molecular complexity index is 1130. The molecule has 0 atom stereocenters. The summed E-state index contributed by atoms with van der Waals surface area (Å²) >= 11 is 7.66. The van der Waals surface area contributed by atoms with Gasteiger partial charge in [-0.05, 0) is 43.3 Å². The van der Waals surface area contributed by atoms with E-state index in [-0.39, 0.29) is 25.0 Å². The van der Waals surface area contributed by atoms with Gasteiger partial charge in [-0.3, -0.25) is 14.5 Å². The van der Waals surface area contributed by atoms with Crippen LogP contribution in [0.5, 0.6) is 11.5 Å². The van der Waals surface area contributed by atoms with E-state index in [9.17, 15) is 9.59 Å². The third-order valence-electron chi connectivity index (χ3n) is 4.55. The number of anilines is 2. The molecule has 4 rings (SSSR count). The van der Waals surface area contributed by atoms with Gasteiger partial charge < -0.3 is 14.8 Å². The number of benzene rings is 2. The standard InChI is InChI=1S/C21H18ClN3O4S/c1-12-23-16(11-30-12)13-3-5-19-17(7-13)25(21(27)10-29-19)9-20(26)24-14-4-6-18(28-2)15(22)8-14/h3-8,11H,9-10H2,1-2H3,(H,24,26). The summed E-state index contributed by atoms with van der Waals surface area (Å²) in [4.78, 5) is 31.0. The highest BCUT2D eigenvalue weighted by molar-refractivity contribution is 7.09. The van der Waals surface area contributed by atoms with E-state index in [1.165, 1.54) is 12.0 Å². The van der Waals surface area contributed by atoms with Gasteiger partial charge in [-0.1, -0.05) is 11.6 Å². The molecule has 2 amide bonds. The zero-order valence-electron chi connectivity index (χ0n) is 16.3. The van der Waals surface area contributed by atoms with Gasteiger partial charge >= 0.3 is 0 Å². The molecule has 0 saturated heterocycles. The van der Waals surface area contributed by atoms with Gasteiger partial charge in [0, 0.05) is 16.6 Å². The molecule has 2 aromatic carbocycles. The van der Waals surface area contributed by atoms with Crippen molar-refractivity contribution in [3.63, 3.8) is 0 Å². The van der Waals surface area contributed by atoms with Crippen LogP contribution in [0.25, 0.3) is 11.3 Å². The van der Waals surface area contributed by atoms with Crippen LogP contribution < -0.4 is 19.7 Å². The lowest BCUT2D eigenvalue weighted by atomic mass is 10.1. The molecule has 9 heteroatoms. The summed E-state index contributed by atoms with van der Waals surface area (Å²) in [5, 5.41) is 6.04. The summed E-state index contributed by atoms with van der Waals surface area (Å²) in [5.74, 6) is 0.409. The highest BCUT2D eigenvalue weighted by Gasteiger charge is 2.28. The quantitative estimate of drug-likeness (QED) is 0.640. The number of amides is 2. The van der Waals surface area contributed by atoms with Crippen LogP contribution in [0.2, 0.25) is 5.02 Å². The van der Waals surface area contributed by atoms with Crippen LogP contribution in [-0.4, -0.2) is 37.1 Å². The Balaban J connectivity index is 1.56. The van der Waals surface area contributed by atoms with Crippen molar-refractivity contribution in [2.75, 3.05) is 30.5 Å². The summed E-state index contributed by atoms with van der Waals surface area (Å²) < 4.78 is 10.6. The number of aryl methyl sites for hydroxylation is 1. The first-order chi connectivity index (χ1) is 14.4. The number of carbonyl (C=O) groups is 2. The number of rotatable bonds is 5. The number of hydrogen-bond acceptors (Lipinski definition) is 6. The second-order valence-corrected chi connectivity index (χ2v) is 8.07. The van der Waals surface area contributed by atoms with E-state index in [2.05, 4.69) is 10.3 Å². The maximum Gasteiger partial charge on any atom is 0.265 e. The zero-order chi connectivity index (χ0) is 21.3. The summed E-state index contributed by atoms with van der Waals surface area (Å²) in [6, 6.07) is 10.4. The highest BCUT2D eigenvalue weighted by Crippen LogP contribution is 2.36. The molecule has 1 N–H and O–H groups in total. The van der Waals surface area contributed by atoms with Gasteiger partial charge in [0.2, 0.25) is 5.91 Å². The smallest absolute Gasteiger partial charge is 0.265 e. The molecule has 0 radical (unpaired) electrons. The normalized spacial score (nSPS) is 12.9. The van der Waals surface area contributed by atoms with E-state index >= 15 is 0 Å². The summed E-state index contributed by atoms with van der Waals surface area (Å²) in [6.45, 7) is 1.66. The summed E-state index contributed by atoms with van der Waals surface area (Å²) in [5.41, 5.74) is 2.72. The van der Waals surface area contributed by atoms with Crippen LogP contribution in [-0.2, 0) is 9.59 Å². The van der Waals surface area contributed by atoms with Crippen molar-refractivity contribution in [2.45, 2.75) is 6.92 Å². The topological polar surface area (TPSA) is 80.8 Å². The molecular weight excluding hydrogens is 426 g/mol. The van der Waals surface area contributed by atoms with Crippen LogP contribution in [0.3, 0.4) is 0 Å². The molecule has 0 spiro atoms. The van der Waals surface area contributed by atoms with E-state index in [4.69, 9.17) is 21.1 Å². The predicted octanol–water partition coefficient (Wildman–Crippen LogP) is 4.14. The van der Waals surface area contributed by atoms with E-state index in [0.717, 1.165) is 16.3 Å². The molecule has 0 aliphatic carbocycles. The van der Waals surface area contributed by atoms with Gasteiger partial charge in [-0.15, -0.1) is 11.3 Å². The number of ether oxygens (including phenoxy) is 2. The maximum absolute atomic E-state index is 12.6. The van der Waals surface area contributed by atoms with Gasteiger partial charge in [0.25, 0.3) is 5.91 Å². The summed E-state index contributed by atoms with van der Waals surface area (Å²) in [7, 11) is 1.52. The number of aromatic nitrogens is 1. The van der Waals surface area contributed by atoms with Crippen molar-refractivity contribution in [1.29, 1.82) is 0 Å². The Labute approximate surface area is 182 Å². The van der Waals surface area contributed by atoms with E-state index < -0.39 is 0 Å². The van der Waals surface area contributed by atoms with Crippen LogP contribution in [0.4, 0.5) is 11.4 Å². The van der Waals surface area contributed by atoms with Crippen molar-refractivity contribution in [3.05, 3.63) is 51.8 Å². The molecule has 7 nitrogen and oxygen atoms in total. The molecule has 1 aliphatic heterocycles. The van der Waals surface area contributed by atoms with Crippen LogP contribution in [0.15, 0.2) is 41.8 Å². The minimum Gasteiger partial charge on any atom is -0.495 e. The van der Waals surface area contributed by atoms with E-state index in [1.54, 1.807) is 35.6 Å². The largest absolute Gasteiger partial charge is 0.495 e. The average Bonchev–Trinajstić information content (AvgIpc) is 3.16. The molecule has 0 saturated carbocycles. The number of halogens is 1. The molecule has 154 valence electrons. The lowest BCUT2D eigenvalue weighted by Crippen LogP contribution is -2.43. The Hall–Kier alpha value is -3.10. The molecule has 1 aliphatic rings. The second kappa shape index (κ2) is 8.33. The number of nitrogens with zero attached hydrogens (tertiary/aromatic N) is 2. The molecule has 2 heterocycles. The number of fused-ring (bicyclic) bond motifs is 1. The molecule has 0 fully saturated rings. The first kappa shape index (κ1) is 20.2. The van der Waals surface area contributed by atoms with Crippen LogP contribution in [0.1, 0.15) is 5.01 Å². The fourth-order valence-electron chi connectivity index (χ4n) is 3.12. The van der Waals surface area contributed by atoms with Crippen molar-refractivity contribution in [3.8, 4) is 22.8 Å². The van der Waals surface area contributed by atoms with Crippen molar-refractivity contribution in [2.24, 2.45) is 0 Å². The van der Waals surface area contributed by atoms with E-state index in [1.807, 2.05) is 24.4 Å². The number of nitrogens with one attached hydrogen (secondary N) is 1. The highest BCUT2D eigenvalue weighted by atomic mass is 35.5. The number of methoxy groups -OCH3 is 1. The zero-order valence-corrected chi connectivity index (χ0v) is 17.8. The Morgan fingerprint density at radius 3 is 2.87 bits per heavy atom. The predicted molar refractivity (Wildman–Crippen MR) is 117 cm³/mol. The van der Waals surface area contributed by atoms with Gasteiger partial charge in [0.15, 0.2) is 6.61 Å². The number of carbonyl (C=O) groups excluding carboxylic acids is 2. The fraction of sp³-hybridized carbons (Fsp3) is 0.190. The Morgan fingerprint density at radius 1 is 1.33 bits per heavy atom. The third kappa shape index (κ3) is 4.10. The molecule has 3 aromatic rings. The Morgan fingerprint density at radius 2 is 2.17 bits per heavy atom. The maximum atomic E-state index is 12.6. The number of hydrogen-bond donors (Lipinski definition) is 1. The SMILES string of the molecule is COc1ccc(NC(=O)CN2C(=O)COc3ccc(-c4csc(C)n4)cc32)cc1Cl. The minimum absolute atomic E-state index is 0.121. The molecule has 1 aromatic heterocycles. The first-order valence-electron chi connectivity index (χ1n) is 9.07. The minimum atomic E-state index is -0.354. The van der Waals surface area contributed by atoms with Gasteiger partial charge in [0.1, 0.15) is 18.0 Å². The molecular formula is C21H18ClN3O4S. The lowest BCUT2D eigenvalue weighted by Gasteiger charge is -2.29. The third-order valence-corrected chi connectivity index (χ3v) is 5.62. The monoisotopic (exact) mass is 443 g/mol. The molecule has 0 unspecified atom stereocenters. The second-order valence-electron chi connectivity index (χ2n) is 6.60. The van der Waals surface area contributed by atoms with Crippen molar-refractivity contribution >= 4 is 46.1 Å². The van der Waals surface area contributed by atoms with Crippen molar-refractivity contribution < 1.29 is 19.1 Å². The van der Waals surface area contributed by atoms with Crippen molar-refractivity contribution in [1.82, 2.24) is 4.98 Å². The molecule has 30 heavy (non-hydrogen) atoms. The van der Waals surface area contributed by atoms with Gasteiger partial charge in [0.05, 0.1) is 28.5 Å². The van der Waals surface area contributed by atoms with Gasteiger partial charge in [-0.25, -0.2) is 4.98 Å². The van der Waals surface area contributed by atoms with Gasteiger partial charge in [-0.2, -0.15) is 0 Å². The number of thiazole rings is 1. The molecule has 0 bridgehead atoms. The summed E-state index contributed by atoms with van der Waals surface area (Å²) in [6.07, 6.45) is 0. The average molecular weight is 444 g/mol. The Kier molecular flexibility index (Phi) is 5.61. The first-order valence-corrected chi connectivity index (χ1v) is 10.3. The lowest BCUT2D eigenvalue weighted by molar-refractivity contribution is -0.123. The van der Waals surface area contributed by atoms with Crippen LogP contribution in [0, 0.1) is 6.92 Å². The van der Waals surface area contributed by atoms with Crippen LogP contribution >= 0.6 is 22.9 Å². The fourth-order valence-corrected chi connectivity index (χ4v) is 4.00.